The summed E-state index contributed by atoms with van der Waals surface area (Å²) in [5, 5.41) is 14.4. The molecular formula is C25H26N6O2. The van der Waals surface area contributed by atoms with Gasteiger partial charge in [-0.1, -0.05) is 61.9 Å². The van der Waals surface area contributed by atoms with Crippen LogP contribution in [0.3, 0.4) is 0 Å². The highest BCUT2D eigenvalue weighted by Crippen LogP contribution is 2.30. The lowest BCUT2D eigenvalue weighted by atomic mass is 9.95. The van der Waals surface area contributed by atoms with Gasteiger partial charge in [-0.3, -0.25) is 0 Å². The van der Waals surface area contributed by atoms with Gasteiger partial charge in [0.2, 0.25) is 5.82 Å². The van der Waals surface area contributed by atoms with Crippen molar-refractivity contribution in [2.75, 3.05) is 7.11 Å². The molecule has 168 valence electrons. The summed E-state index contributed by atoms with van der Waals surface area (Å²) in [4.78, 5) is 21.5. The molecule has 4 rings (SSSR count). The maximum atomic E-state index is 12.5. The summed E-state index contributed by atoms with van der Waals surface area (Å²) in [6.07, 6.45) is 3.40. The highest BCUT2D eigenvalue weighted by molar-refractivity contribution is 5.89. The van der Waals surface area contributed by atoms with Gasteiger partial charge in [0, 0.05) is 23.2 Å². The standard InChI is InChI=1S/C25H26N6O2/c1-4-5-10-22-21(23(25(32)33-3)27-16(2)26-22)15-17-11-13-18(14-12-17)19-8-6-7-9-20(19)24-28-30-31-29-24/h6-9,11-14H,4-5,10,15H2,1-3H3,(H,28,29,30,31). The van der Waals surface area contributed by atoms with Gasteiger partial charge in [-0.05, 0) is 41.7 Å². The topological polar surface area (TPSA) is 107 Å². The molecule has 0 spiro atoms. The number of aromatic nitrogens is 6. The van der Waals surface area contributed by atoms with Crippen molar-refractivity contribution in [1.29, 1.82) is 0 Å². The molecule has 0 saturated carbocycles. The predicted octanol–water partition coefficient (Wildman–Crippen LogP) is 4.35. The van der Waals surface area contributed by atoms with E-state index in [0.717, 1.165) is 52.8 Å². The zero-order valence-electron chi connectivity index (χ0n) is 19.0. The quantitative estimate of drug-likeness (QED) is 0.404. The first-order valence-electron chi connectivity index (χ1n) is 11.0. The third-order valence-corrected chi connectivity index (χ3v) is 5.51. The van der Waals surface area contributed by atoms with Crippen LogP contribution in [0.4, 0.5) is 0 Å². The number of nitrogens with zero attached hydrogens (tertiary/aromatic N) is 5. The Morgan fingerprint density at radius 1 is 1.03 bits per heavy atom. The van der Waals surface area contributed by atoms with Crippen LogP contribution in [0.15, 0.2) is 48.5 Å². The van der Waals surface area contributed by atoms with Crippen molar-refractivity contribution < 1.29 is 9.53 Å². The Morgan fingerprint density at radius 2 is 1.79 bits per heavy atom. The number of aryl methyl sites for hydroxylation is 2. The van der Waals surface area contributed by atoms with Crippen LogP contribution in [0.2, 0.25) is 0 Å². The molecule has 1 N–H and O–H groups in total. The highest BCUT2D eigenvalue weighted by Gasteiger charge is 2.20. The molecule has 0 amide bonds. The van der Waals surface area contributed by atoms with Gasteiger partial charge in [0.1, 0.15) is 5.82 Å². The maximum absolute atomic E-state index is 12.5. The second-order valence-electron chi connectivity index (χ2n) is 7.79. The van der Waals surface area contributed by atoms with Gasteiger partial charge in [-0.25, -0.2) is 14.8 Å². The number of methoxy groups -OCH3 is 1. The third-order valence-electron chi connectivity index (χ3n) is 5.51. The summed E-state index contributed by atoms with van der Waals surface area (Å²) < 4.78 is 5.01. The molecule has 0 aliphatic rings. The fourth-order valence-corrected chi connectivity index (χ4v) is 3.87. The number of esters is 1. The molecule has 0 fully saturated rings. The van der Waals surface area contributed by atoms with E-state index >= 15 is 0 Å². The summed E-state index contributed by atoms with van der Waals surface area (Å²) in [6, 6.07) is 16.2. The van der Waals surface area contributed by atoms with Crippen LogP contribution in [0.1, 0.15) is 52.9 Å². The van der Waals surface area contributed by atoms with Crippen molar-refractivity contribution in [1.82, 2.24) is 30.6 Å². The number of nitrogens with one attached hydrogen (secondary N) is 1. The monoisotopic (exact) mass is 442 g/mol. The largest absolute Gasteiger partial charge is 0.464 e. The third kappa shape index (κ3) is 4.95. The minimum absolute atomic E-state index is 0.350. The van der Waals surface area contributed by atoms with Crippen LogP contribution < -0.4 is 0 Å². The number of ether oxygens (including phenoxy) is 1. The second-order valence-corrected chi connectivity index (χ2v) is 7.79. The van der Waals surface area contributed by atoms with E-state index < -0.39 is 5.97 Å². The highest BCUT2D eigenvalue weighted by atomic mass is 16.5. The maximum Gasteiger partial charge on any atom is 0.357 e. The summed E-state index contributed by atoms with van der Waals surface area (Å²) in [6.45, 7) is 3.95. The van der Waals surface area contributed by atoms with Gasteiger partial charge < -0.3 is 4.74 Å². The summed E-state index contributed by atoms with van der Waals surface area (Å²) in [5.41, 5.74) is 6.12. The van der Waals surface area contributed by atoms with Gasteiger partial charge in [-0.15, -0.1) is 10.2 Å². The van der Waals surface area contributed by atoms with E-state index in [4.69, 9.17) is 4.74 Å². The van der Waals surface area contributed by atoms with Gasteiger partial charge in [0.05, 0.1) is 7.11 Å². The summed E-state index contributed by atoms with van der Waals surface area (Å²) in [5.74, 6) is 0.701. The molecule has 0 unspecified atom stereocenters. The Hall–Kier alpha value is -3.94. The number of benzene rings is 2. The van der Waals surface area contributed by atoms with Gasteiger partial charge >= 0.3 is 5.97 Å². The molecule has 0 aliphatic carbocycles. The normalized spacial score (nSPS) is 10.9. The molecule has 8 nitrogen and oxygen atoms in total. The first-order chi connectivity index (χ1) is 16.1. The van der Waals surface area contributed by atoms with Crippen molar-refractivity contribution in [3.05, 3.63) is 76.9 Å². The Bertz CT molecular complexity index is 1240. The fraction of sp³-hybridized carbons (Fsp3) is 0.280. The number of tetrazole rings is 1. The Labute approximate surface area is 192 Å². The van der Waals surface area contributed by atoms with E-state index in [1.807, 2.05) is 31.2 Å². The average molecular weight is 443 g/mol. The van der Waals surface area contributed by atoms with Crippen molar-refractivity contribution in [2.45, 2.75) is 39.5 Å². The summed E-state index contributed by atoms with van der Waals surface area (Å²) in [7, 11) is 1.38. The average Bonchev–Trinajstić information content (AvgIpc) is 3.39. The van der Waals surface area contributed by atoms with Crippen LogP contribution >= 0.6 is 0 Å². The summed E-state index contributed by atoms with van der Waals surface area (Å²) >= 11 is 0. The lowest BCUT2D eigenvalue weighted by Gasteiger charge is -2.14. The number of hydrogen-bond acceptors (Lipinski definition) is 7. The second kappa shape index (κ2) is 10.1. The molecular weight excluding hydrogens is 416 g/mol. The molecule has 2 aromatic heterocycles. The molecule has 0 radical (unpaired) electrons. The van der Waals surface area contributed by atoms with Crippen LogP contribution in [-0.4, -0.2) is 43.7 Å². The molecule has 4 aromatic rings. The number of hydrogen-bond donors (Lipinski definition) is 1. The predicted molar refractivity (Wildman–Crippen MR) is 125 cm³/mol. The number of rotatable bonds is 8. The zero-order chi connectivity index (χ0) is 23.2. The van der Waals surface area contributed by atoms with E-state index in [2.05, 4.69) is 61.8 Å². The minimum atomic E-state index is -0.432. The number of unbranched alkanes of at least 4 members (excludes halogenated alkanes) is 1. The number of H-pyrrole nitrogens is 1. The van der Waals surface area contributed by atoms with E-state index in [9.17, 15) is 4.79 Å². The lowest BCUT2D eigenvalue weighted by Crippen LogP contribution is -2.15. The molecule has 2 aromatic carbocycles. The molecule has 0 atom stereocenters. The van der Waals surface area contributed by atoms with Gasteiger partial charge in [-0.2, -0.15) is 5.21 Å². The van der Waals surface area contributed by atoms with Gasteiger partial charge in [0.15, 0.2) is 5.69 Å². The van der Waals surface area contributed by atoms with E-state index in [1.54, 1.807) is 0 Å². The molecule has 8 heteroatoms. The minimum Gasteiger partial charge on any atom is -0.464 e. The van der Waals surface area contributed by atoms with E-state index in [1.165, 1.54) is 7.11 Å². The fourth-order valence-electron chi connectivity index (χ4n) is 3.87. The first kappa shape index (κ1) is 22.3. The molecule has 0 bridgehead atoms. The van der Waals surface area contributed by atoms with Gasteiger partial charge in [0.25, 0.3) is 0 Å². The number of carbonyl (C=O) groups excluding carboxylic acids is 1. The molecule has 0 saturated heterocycles. The van der Waals surface area contributed by atoms with Crippen molar-refractivity contribution >= 4 is 5.97 Å². The van der Waals surface area contributed by atoms with E-state index in [-0.39, 0.29) is 0 Å². The number of carbonyl (C=O) groups is 1. The van der Waals surface area contributed by atoms with Crippen molar-refractivity contribution in [3.8, 4) is 22.5 Å². The Kier molecular flexibility index (Phi) is 6.83. The Balaban J connectivity index is 1.68. The molecule has 2 heterocycles. The lowest BCUT2D eigenvalue weighted by molar-refractivity contribution is 0.0592. The number of aromatic amines is 1. The first-order valence-corrected chi connectivity index (χ1v) is 11.0. The van der Waals surface area contributed by atoms with Crippen LogP contribution in [-0.2, 0) is 17.6 Å². The van der Waals surface area contributed by atoms with Crippen LogP contribution in [0.5, 0.6) is 0 Å². The van der Waals surface area contributed by atoms with Crippen molar-refractivity contribution in [3.63, 3.8) is 0 Å². The van der Waals surface area contributed by atoms with E-state index in [0.29, 0.717) is 23.8 Å². The Morgan fingerprint density at radius 3 is 2.45 bits per heavy atom. The molecule has 0 aliphatic heterocycles. The molecule has 33 heavy (non-hydrogen) atoms. The van der Waals surface area contributed by atoms with Crippen molar-refractivity contribution in [2.24, 2.45) is 0 Å². The zero-order valence-corrected chi connectivity index (χ0v) is 19.0. The van der Waals surface area contributed by atoms with Crippen LogP contribution in [0.25, 0.3) is 22.5 Å². The smallest absolute Gasteiger partial charge is 0.357 e. The SMILES string of the molecule is CCCCc1nc(C)nc(C(=O)OC)c1Cc1ccc(-c2ccccc2-c2nn[nH]n2)cc1. The van der Waals surface area contributed by atoms with Crippen LogP contribution in [0, 0.1) is 6.92 Å².